The number of hydrogen-bond acceptors (Lipinski definition) is 1. The molecule has 0 aromatic heterocycles. The molecule has 0 saturated heterocycles. The summed E-state index contributed by atoms with van der Waals surface area (Å²) in [7, 11) is 0. The van der Waals surface area contributed by atoms with Gasteiger partial charge in [0, 0.05) is 5.56 Å². The normalized spacial score (nSPS) is 12.9. The highest BCUT2D eigenvalue weighted by Crippen LogP contribution is 2.11. The molecule has 0 unspecified atom stereocenters. The van der Waals surface area contributed by atoms with Crippen LogP contribution >= 0.6 is 0 Å². The fourth-order valence-electron chi connectivity index (χ4n) is 1.71. The van der Waals surface area contributed by atoms with Crippen LogP contribution in [0.25, 0.3) is 19.2 Å². The molecule has 2 rings (SSSR count). The molecule has 0 atom stereocenters. The molecule has 0 N–H and O–H groups in total. The van der Waals surface area contributed by atoms with Crippen molar-refractivity contribution in [2.45, 2.75) is 6.42 Å². The number of carbonyl (C=O) groups is 1. The molecule has 1 aliphatic carbocycles. The standard InChI is InChI=1S/C12H10O/c1-8-6-10(7-13)9(2)12-5-3-4-11(8)12/h3,5-7H,1-2,4H2. The lowest BCUT2D eigenvalue weighted by Gasteiger charge is -2.02. The molecule has 0 heterocycles. The van der Waals surface area contributed by atoms with E-state index in [0.29, 0.717) is 5.56 Å². The zero-order chi connectivity index (χ0) is 9.42. The van der Waals surface area contributed by atoms with Gasteiger partial charge in [0.1, 0.15) is 0 Å². The van der Waals surface area contributed by atoms with E-state index in [4.69, 9.17) is 0 Å². The van der Waals surface area contributed by atoms with Gasteiger partial charge >= 0.3 is 0 Å². The first-order valence-corrected chi connectivity index (χ1v) is 4.19. The largest absolute Gasteiger partial charge is 0.298 e. The Hall–Kier alpha value is -1.63. The van der Waals surface area contributed by atoms with E-state index in [1.54, 1.807) is 6.07 Å². The zero-order valence-corrected chi connectivity index (χ0v) is 7.34. The van der Waals surface area contributed by atoms with Gasteiger partial charge in [0.25, 0.3) is 0 Å². The Morgan fingerprint density at radius 3 is 2.85 bits per heavy atom. The van der Waals surface area contributed by atoms with Crippen LogP contribution in [0.15, 0.2) is 12.1 Å². The Bertz CT molecular complexity index is 495. The fourth-order valence-corrected chi connectivity index (χ4v) is 1.71. The number of benzene rings is 1. The van der Waals surface area contributed by atoms with Crippen molar-refractivity contribution in [2.24, 2.45) is 0 Å². The van der Waals surface area contributed by atoms with Gasteiger partial charge in [-0.05, 0) is 34.1 Å². The van der Waals surface area contributed by atoms with Crippen LogP contribution in [0.3, 0.4) is 0 Å². The summed E-state index contributed by atoms with van der Waals surface area (Å²) in [5.74, 6) is 0. The van der Waals surface area contributed by atoms with Crippen molar-refractivity contribution in [1.82, 2.24) is 0 Å². The van der Waals surface area contributed by atoms with Crippen LogP contribution in [0.5, 0.6) is 0 Å². The summed E-state index contributed by atoms with van der Waals surface area (Å²) in [5.41, 5.74) is 2.93. The van der Waals surface area contributed by atoms with Gasteiger partial charge in [-0.25, -0.2) is 0 Å². The average Bonchev–Trinajstić information content (AvgIpc) is 2.60. The van der Waals surface area contributed by atoms with Crippen LogP contribution in [0.4, 0.5) is 0 Å². The number of fused-ring (bicyclic) bond motifs is 1. The van der Waals surface area contributed by atoms with Crippen molar-refractivity contribution >= 4 is 25.5 Å². The first kappa shape index (κ1) is 7.99. The maximum absolute atomic E-state index is 10.7. The van der Waals surface area contributed by atoms with E-state index in [-0.39, 0.29) is 0 Å². The molecular formula is C12H10O. The van der Waals surface area contributed by atoms with E-state index in [9.17, 15) is 4.79 Å². The maximum Gasteiger partial charge on any atom is 0.150 e. The summed E-state index contributed by atoms with van der Waals surface area (Å²) in [6.07, 6.45) is 5.83. The SMILES string of the molecule is C=c1cc(C=O)c(=C)c2c1CC=C2. The molecule has 1 aromatic carbocycles. The van der Waals surface area contributed by atoms with Gasteiger partial charge in [-0.2, -0.15) is 0 Å². The smallest absolute Gasteiger partial charge is 0.150 e. The second-order valence-corrected chi connectivity index (χ2v) is 3.22. The van der Waals surface area contributed by atoms with Gasteiger partial charge in [0.05, 0.1) is 0 Å². The molecule has 0 amide bonds. The number of rotatable bonds is 1. The van der Waals surface area contributed by atoms with Gasteiger partial charge in [-0.1, -0.05) is 25.3 Å². The summed E-state index contributed by atoms with van der Waals surface area (Å²) >= 11 is 0. The van der Waals surface area contributed by atoms with Crippen LogP contribution in [-0.4, -0.2) is 6.29 Å². The molecule has 1 aromatic rings. The third kappa shape index (κ3) is 1.04. The van der Waals surface area contributed by atoms with Crippen molar-refractivity contribution in [3.8, 4) is 0 Å². The summed E-state index contributed by atoms with van der Waals surface area (Å²) in [4.78, 5) is 10.7. The molecule has 13 heavy (non-hydrogen) atoms. The van der Waals surface area contributed by atoms with E-state index in [0.717, 1.165) is 28.7 Å². The highest BCUT2D eigenvalue weighted by atomic mass is 16.1. The van der Waals surface area contributed by atoms with Crippen molar-refractivity contribution in [3.63, 3.8) is 0 Å². The highest BCUT2D eigenvalue weighted by molar-refractivity contribution is 5.78. The van der Waals surface area contributed by atoms with E-state index < -0.39 is 0 Å². The van der Waals surface area contributed by atoms with Crippen molar-refractivity contribution in [3.05, 3.63) is 39.3 Å². The minimum Gasteiger partial charge on any atom is -0.298 e. The van der Waals surface area contributed by atoms with Crippen LogP contribution in [0.2, 0.25) is 0 Å². The lowest BCUT2D eigenvalue weighted by molar-refractivity contribution is 0.112. The third-order valence-electron chi connectivity index (χ3n) is 2.45. The van der Waals surface area contributed by atoms with Gasteiger partial charge in [-0.15, -0.1) is 0 Å². The quantitative estimate of drug-likeness (QED) is 0.572. The van der Waals surface area contributed by atoms with Crippen LogP contribution in [0, 0.1) is 0 Å². The third-order valence-corrected chi connectivity index (χ3v) is 2.45. The zero-order valence-electron chi connectivity index (χ0n) is 7.34. The summed E-state index contributed by atoms with van der Waals surface area (Å²) in [5, 5.41) is 1.76. The lowest BCUT2D eigenvalue weighted by Crippen LogP contribution is -2.20. The number of carbonyl (C=O) groups excluding carboxylic acids is 1. The maximum atomic E-state index is 10.7. The summed E-state index contributed by atoms with van der Waals surface area (Å²) in [6, 6.07) is 1.81. The lowest BCUT2D eigenvalue weighted by atomic mass is 10.0. The molecule has 1 aliphatic rings. The monoisotopic (exact) mass is 170 g/mol. The Balaban J connectivity index is 2.91. The first-order valence-electron chi connectivity index (χ1n) is 4.19. The van der Waals surface area contributed by atoms with E-state index in [1.807, 2.05) is 6.08 Å². The molecule has 1 heteroatoms. The van der Waals surface area contributed by atoms with E-state index in [1.165, 1.54) is 5.56 Å². The van der Waals surface area contributed by atoms with Gasteiger partial charge < -0.3 is 0 Å². The van der Waals surface area contributed by atoms with E-state index >= 15 is 0 Å². The van der Waals surface area contributed by atoms with Crippen molar-refractivity contribution in [1.29, 1.82) is 0 Å². The Morgan fingerprint density at radius 2 is 2.15 bits per heavy atom. The molecule has 0 bridgehead atoms. The second-order valence-electron chi connectivity index (χ2n) is 3.22. The van der Waals surface area contributed by atoms with Crippen LogP contribution in [0.1, 0.15) is 21.5 Å². The molecular weight excluding hydrogens is 160 g/mol. The Morgan fingerprint density at radius 1 is 1.38 bits per heavy atom. The topological polar surface area (TPSA) is 17.1 Å². The van der Waals surface area contributed by atoms with Crippen molar-refractivity contribution in [2.75, 3.05) is 0 Å². The van der Waals surface area contributed by atoms with Crippen molar-refractivity contribution < 1.29 is 4.79 Å². The molecule has 0 aliphatic heterocycles. The van der Waals surface area contributed by atoms with Gasteiger partial charge in [0.2, 0.25) is 0 Å². The molecule has 0 saturated carbocycles. The van der Waals surface area contributed by atoms with Gasteiger partial charge in [0.15, 0.2) is 6.29 Å². The fraction of sp³-hybridized carbons (Fsp3) is 0.0833. The predicted octanol–water partition coefficient (Wildman–Crippen LogP) is 0.889. The second kappa shape index (κ2) is 2.70. The molecule has 0 fully saturated rings. The van der Waals surface area contributed by atoms with Crippen LogP contribution < -0.4 is 10.4 Å². The van der Waals surface area contributed by atoms with E-state index in [2.05, 4.69) is 19.2 Å². The molecule has 1 nitrogen and oxygen atoms in total. The number of aldehydes is 1. The molecule has 64 valence electrons. The molecule has 0 spiro atoms. The first-order chi connectivity index (χ1) is 6.24. The predicted molar refractivity (Wildman–Crippen MR) is 54.9 cm³/mol. The van der Waals surface area contributed by atoms with Crippen LogP contribution in [-0.2, 0) is 6.42 Å². The minimum absolute atomic E-state index is 0.648. The van der Waals surface area contributed by atoms with Gasteiger partial charge in [-0.3, -0.25) is 4.79 Å². The number of hydrogen-bond donors (Lipinski definition) is 0. The average molecular weight is 170 g/mol. The summed E-state index contributed by atoms with van der Waals surface area (Å²) in [6.45, 7) is 7.81. The Labute approximate surface area is 76.7 Å². The Kier molecular flexibility index (Phi) is 1.66. The summed E-state index contributed by atoms with van der Waals surface area (Å²) < 4.78 is 0. The molecule has 0 radical (unpaired) electrons. The minimum atomic E-state index is 0.648. The highest BCUT2D eigenvalue weighted by Gasteiger charge is 2.08. The number of allylic oxidation sites excluding steroid dienone is 1.